The van der Waals surface area contributed by atoms with Crippen LogP contribution in [0.25, 0.3) is 10.8 Å². The van der Waals surface area contributed by atoms with Crippen molar-refractivity contribution >= 4 is 10.8 Å². The van der Waals surface area contributed by atoms with E-state index in [1.54, 1.807) is 0 Å². The molecule has 0 aliphatic carbocycles. The topological polar surface area (TPSA) is 20.2 Å². The Labute approximate surface area is 96.7 Å². The Morgan fingerprint density at radius 2 is 1.69 bits per heavy atom. The zero-order chi connectivity index (χ0) is 11.8. The van der Waals surface area contributed by atoms with E-state index in [-0.39, 0.29) is 12.0 Å². The molecule has 0 saturated carbocycles. The lowest BCUT2D eigenvalue weighted by Crippen LogP contribution is -2.15. The minimum atomic E-state index is 0.0545. The van der Waals surface area contributed by atoms with Gasteiger partial charge in [-0.25, -0.2) is 0 Å². The maximum Gasteiger partial charge on any atom is 0.0684 e. The zero-order valence-electron chi connectivity index (χ0n) is 10.1. The average Bonchev–Trinajstić information content (AvgIpc) is 2.26. The lowest BCUT2D eigenvalue weighted by atomic mass is 9.80. The van der Waals surface area contributed by atoms with Crippen LogP contribution < -0.4 is 0 Å². The second-order valence-electron chi connectivity index (χ2n) is 5.23. The summed E-state index contributed by atoms with van der Waals surface area (Å²) in [6, 6.07) is 12.5. The molecule has 1 nitrogen and oxygen atoms in total. The summed E-state index contributed by atoms with van der Waals surface area (Å²) in [5.74, 6) is 0. The number of fused-ring (bicyclic) bond motifs is 1. The Hall–Kier alpha value is -1.34. The fourth-order valence-electron chi connectivity index (χ4n) is 2.33. The third kappa shape index (κ3) is 1.83. The van der Waals surface area contributed by atoms with Gasteiger partial charge in [0.1, 0.15) is 0 Å². The minimum absolute atomic E-state index is 0.0545. The van der Waals surface area contributed by atoms with Crippen LogP contribution in [0.1, 0.15) is 31.9 Å². The average molecular weight is 214 g/mol. The Kier molecular flexibility index (Phi) is 2.73. The van der Waals surface area contributed by atoms with Crippen molar-refractivity contribution in [2.45, 2.75) is 32.8 Å². The third-order valence-corrected chi connectivity index (χ3v) is 2.94. The molecule has 84 valence electrons. The van der Waals surface area contributed by atoms with E-state index in [1.165, 1.54) is 16.3 Å². The quantitative estimate of drug-likeness (QED) is 0.768. The van der Waals surface area contributed by atoms with E-state index in [1.807, 2.05) is 12.1 Å². The predicted octanol–water partition coefficient (Wildman–Crippen LogP) is 3.63. The highest BCUT2D eigenvalue weighted by Gasteiger charge is 2.20. The van der Waals surface area contributed by atoms with Crippen LogP contribution in [-0.2, 0) is 12.0 Å². The number of hydrogen-bond donors (Lipinski definition) is 1. The van der Waals surface area contributed by atoms with Gasteiger partial charge in [-0.2, -0.15) is 0 Å². The van der Waals surface area contributed by atoms with Gasteiger partial charge in [-0.3, -0.25) is 0 Å². The normalized spacial score (nSPS) is 12.0. The largest absolute Gasteiger partial charge is 0.392 e. The number of rotatable bonds is 1. The highest BCUT2D eigenvalue weighted by Crippen LogP contribution is 2.33. The van der Waals surface area contributed by atoms with Crippen LogP contribution in [-0.4, -0.2) is 5.11 Å². The van der Waals surface area contributed by atoms with Gasteiger partial charge in [0.2, 0.25) is 0 Å². The number of aliphatic hydroxyl groups excluding tert-OH is 1. The molecule has 2 rings (SSSR count). The van der Waals surface area contributed by atoms with Crippen molar-refractivity contribution in [3.8, 4) is 0 Å². The highest BCUT2D eigenvalue weighted by atomic mass is 16.3. The monoisotopic (exact) mass is 214 g/mol. The first kappa shape index (κ1) is 11.2. The van der Waals surface area contributed by atoms with Gasteiger partial charge in [-0.1, -0.05) is 57.2 Å². The summed E-state index contributed by atoms with van der Waals surface area (Å²) in [6.45, 7) is 6.67. The molecular weight excluding hydrogens is 196 g/mol. The number of aliphatic hydroxyl groups is 1. The first-order chi connectivity index (χ1) is 7.54. The first-order valence-electron chi connectivity index (χ1n) is 5.66. The van der Waals surface area contributed by atoms with E-state index in [0.717, 1.165) is 5.56 Å². The third-order valence-electron chi connectivity index (χ3n) is 2.94. The van der Waals surface area contributed by atoms with Crippen LogP contribution in [0.2, 0.25) is 0 Å². The molecular formula is C15H18O. The van der Waals surface area contributed by atoms with Crippen molar-refractivity contribution in [2.24, 2.45) is 0 Å². The molecule has 1 N–H and O–H groups in total. The van der Waals surface area contributed by atoms with Gasteiger partial charge in [-0.05, 0) is 27.3 Å². The molecule has 0 radical (unpaired) electrons. The highest BCUT2D eigenvalue weighted by molar-refractivity contribution is 5.87. The van der Waals surface area contributed by atoms with Crippen LogP contribution >= 0.6 is 0 Å². The summed E-state index contributed by atoms with van der Waals surface area (Å²) in [7, 11) is 0. The summed E-state index contributed by atoms with van der Waals surface area (Å²) < 4.78 is 0. The van der Waals surface area contributed by atoms with E-state index in [0.29, 0.717) is 0 Å². The summed E-state index contributed by atoms with van der Waals surface area (Å²) in [6.07, 6.45) is 0. The maximum atomic E-state index is 9.44. The van der Waals surface area contributed by atoms with Gasteiger partial charge < -0.3 is 5.11 Å². The Balaban J connectivity index is 2.84. The smallest absolute Gasteiger partial charge is 0.0684 e. The van der Waals surface area contributed by atoms with Crippen molar-refractivity contribution in [2.75, 3.05) is 0 Å². The number of benzene rings is 2. The molecule has 2 aromatic carbocycles. The van der Waals surface area contributed by atoms with Crippen LogP contribution in [0.3, 0.4) is 0 Å². The lowest BCUT2D eigenvalue weighted by Gasteiger charge is -2.24. The van der Waals surface area contributed by atoms with Crippen LogP contribution in [0.4, 0.5) is 0 Å². The van der Waals surface area contributed by atoms with E-state index < -0.39 is 0 Å². The molecule has 0 bridgehead atoms. The summed E-state index contributed by atoms with van der Waals surface area (Å²) in [5, 5.41) is 11.9. The fourth-order valence-corrected chi connectivity index (χ4v) is 2.33. The van der Waals surface area contributed by atoms with Crippen molar-refractivity contribution in [1.29, 1.82) is 0 Å². The Morgan fingerprint density at radius 1 is 1.00 bits per heavy atom. The molecule has 0 aromatic heterocycles. The predicted molar refractivity (Wildman–Crippen MR) is 68.6 cm³/mol. The molecule has 0 fully saturated rings. The van der Waals surface area contributed by atoms with Crippen molar-refractivity contribution in [3.63, 3.8) is 0 Å². The maximum absolute atomic E-state index is 9.44. The Morgan fingerprint density at radius 3 is 2.31 bits per heavy atom. The molecule has 0 heterocycles. The molecule has 0 saturated heterocycles. The van der Waals surface area contributed by atoms with Gasteiger partial charge in [0, 0.05) is 0 Å². The van der Waals surface area contributed by atoms with Crippen molar-refractivity contribution < 1.29 is 5.11 Å². The van der Waals surface area contributed by atoms with E-state index >= 15 is 0 Å². The molecule has 0 atom stereocenters. The fraction of sp³-hybridized carbons (Fsp3) is 0.333. The van der Waals surface area contributed by atoms with Crippen molar-refractivity contribution in [1.82, 2.24) is 0 Å². The van der Waals surface area contributed by atoms with Gasteiger partial charge in [0.25, 0.3) is 0 Å². The molecule has 0 spiro atoms. The second-order valence-corrected chi connectivity index (χ2v) is 5.23. The second kappa shape index (κ2) is 3.91. The van der Waals surface area contributed by atoms with E-state index in [2.05, 4.69) is 45.0 Å². The summed E-state index contributed by atoms with van der Waals surface area (Å²) in [5.41, 5.74) is 2.35. The summed E-state index contributed by atoms with van der Waals surface area (Å²) >= 11 is 0. The van der Waals surface area contributed by atoms with E-state index in [9.17, 15) is 5.11 Å². The van der Waals surface area contributed by atoms with Crippen LogP contribution in [0, 0.1) is 0 Å². The molecule has 16 heavy (non-hydrogen) atoms. The SMILES string of the molecule is CC(C)(C)c1c(CO)ccc2ccccc12. The van der Waals surface area contributed by atoms with Crippen molar-refractivity contribution in [3.05, 3.63) is 47.5 Å². The minimum Gasteiger partial charge on any atom is -0.392 e. The standard InChI is InChI=1S/C15H18O/c1-15(2,3)14-12(10-16)9-8-11-6-4-5-7-13(11)14/h4-9,16H,10H2,1-3H3. The number of hydrogen-bond acceptors (Lipinski definition) is 1. The first-order valence-corrected chi connectivity index (χ1v) is 5.66. The Bertz CT molecular complexity index is 506. The van der Waals surface area contributed by atoms with Crippen LogP contribution in [0.15, 0.2) is 36.4 Å². The zero-order valence-corrected chi connectivity index (χ0v) is 10.1. The molecule has 0 amide bonds. The lowest BCUT2D eigenvalue weighted by molar-refractivity contribution is 0.279. The molecule has 0 aliphatic rings. The molecule has 0 unspecified atom stereocenters. The molecule has 2 aromatic rings. The van der Waals surface area contributed by atoms with Gasteiger partial charge >= 0.3 is 0 Å². The van der Waals surface area contributed by atoms with Crippen LogP contribution in [0.5, 0.6) is 0 Å². The van der Waals surface area contributed by atoms with Gasteiger partial charge in [-0.15, -0.1) is 0 Å². The summed E-state index contributed by atoms with van der Waals surface area (Å²) in [4.78, 5) is 0. The molecule has 0 aliphatic heterocycles. The van der Waals surface area contributed by atoms with Gasteiger partial charge in [0.15, 0.2) is 0 Å². The van der Waals surface area contributed by atoms with E-state index in [4.69, 9.17) is 0 Å². The van der Waals surface area contributed by atoms with Gasteiger partial charge in [0.05, 0.1) is 6.61 Å². The molecule has 1 heteroatoms.